The lowest BCUT2D eigenvalue weighted by Gasteiger charge is -2.26. The molecule has 0 aliphatic heterocycles. The summed E-state index contributed by atoms with van der Waals surface area (Å²) in [6.07, 6.45) is 0. The molecule has 0 aliphatic carbocycles. The van der Waals surface area contributed by atoms with Gasteiger partial charge in [0.15, 0.2) is 0 Å². The fourth-order valence-electron chi connectivity index (χ4n) is 4.30. The number of benzene rings is 3. The largest absolute Gasteiger partial charge is 0.497 e. The molecule has 188 valence electrons. The Hall–Kier alpha value is -3.02. The minimum Gasteiger partial charge on any atom is -0.497 e. The summed E-state index contributed by atoms with van der Waals surface area (Å²) >= 11 is 0. The van der Waals surface area contributed by atoms with Gasteiger partial charge in [-0.3, -0.25) is 0 Å². The average molecular weight is 477 g/mol. The van der Waals surface area contributed by atoms with E-state index in [1.54, 1.807) is 7.11 Å². The van der Waals surface area contributed by atoms with E-state index in [1.165, 1.54) is 27.8 Å². The van der Waals surface area contributed by atoms with Gasteiger partial charge in [0.25, 0.3) is 0 Å². The first kappa shape index (κ1) is 26.6. The summed E-state index contributed by atoms with van der Waals surface area (Å²) in [7, 11) is 1.70. The van der Waals surface area contributed by atoms with Gasteiger partial charge >= 0.3 is 0 Å². The molecular weight excluding hydrogens is 436 g/mol. The van der Waals surface area contributed by atoms with Crippen molar-refractivity contribution in [1.29, 1.82) is 0 Å². The molecule has 0 aromatic heterocycles. The zero-order valence-electron chi connectivity index (χ0n) is 22.3. The van der Waals surface area contributed by atoms with E-state index in [4.69, 9.17) is 14.4 Å². The lowest BCUT2D eigenvalue weighted by atomic mass is 9.81. The van der Waals surface area contributed by atoms with Crippen molar-refractivity contribution in [2.45, 2.75) is 47.5 Å². The fourth-order valence-corrected chi connectivity index (χ4v) is 4.30. The normalized spacial score (nSPS) is 11.4. The second-order valence-electron chi connectivity index (χ2n) is 8.65. The summed E-state index contributed by atoms with van der Waals surface area (Å²) in [5.41, 5.74) is 6.04. The van der Waals surface area contributed by atoms with Crippen LogP contribution in [0, 0.1) is 13.8 Å². The molecule has 0 unspecified atom stereocenters. The molecule has 0 spiro atoms. The third-order valence-electron chi connectivity index (χ3n) is 6.45. The zero-order chi connectivity index (χ0) is 25.4. The van der Waals surface area contributed by atoms with Crippen molar-refractivity contribution in [1.82, 2.24) is 10.1 Å². The van der Waals surface area contributed by atoms with Crippen molar-refractivity contribution in [3.05, 3.63) is 88.5 Å². The van der Waals surface area contributed by atoms with Gasteiger partial charge in [-0.1, -0.05) is 24.3 Å². The Balaban J connectivity index is 2.15. The van der Waals surface area contributed by atoms with Crippen LogP contribution in [0.25, 0.3) is 0 Å². The Bertz CT molecular complexity index is 1010. The average Bonchev–Trinajstić information content (AvgIpc) is 2.89. The SMILES string of the molecule is CCN(CC)Oc1ccc(C)c(C(c2ccc(OC)cc2)c2cc(ON(CC)CC)ccc2C)c1. The highest BCUT2D eigenvalue weighted by atomic mass is 16.7. The molecule has 0 saturated heterocycles. The molecule has 0 saturated carbocycles. The number of ether oxygens (including phenoxy) is 1. The number of methoxy groups -OCH3 is 1. The number of rotatable bonds is 12. The Morgan fingerprint density at radius 3 is 1.37 bits per heavy atom. The van der Waals surface area contributed by atoms with E-state index in [0.29, 0.717) is 0 Å². The summed E-state index contributed by atoms with van der Waals surface area (Å²) in [5, 5.41) is 3.92. The molecule has 0 heterocycles. The first-order valence-electron chi connectivity index (χ1n) is 12.6. The molecule has 0 amide bonds. The monoisotopic (exact) mass is 476 g/mol. The number of hydrogen-bond donors (Lipinski definition) is 0. The molecule has 0 atom stereocenters. The van der Waals surface area contributed by atoms with E-state index in [-0.39, 0.29) is 5.92 Å². The van der Waals surface area contributed by atoms with Crippen molar-refractivity contribution in [2.24, 2.45) is 0 Å². The Morgan fingerprint density at radius 1 is 0.600 bits per heavy atom. The summed E-state index contributed by atoms with van der Waals surface area (Å²) in [6, 6.07) is 21.1. The maximum atomic E-state index is 6.18. The van der Waals surface area contributed by atoms with E-state index in [2.05, 4.69) is 90.1 Å². The highest BCUT2D eigenvalue weighted by Gasteiger charge is 2.23. The maximum Gasteiger partial charge on any atom is 0.147 e. The molecule has 3 rings (SSSR count). The van der Waals surface area contributed by atoms with E-state index in [9.17, 15) is 0 Å². The highest BCUT2D eigenvalue weighted by Crippen LogP contribution is 2.39. The molecule has 0 radical (unpaired) electrons. The second kappa shape index (κ2) is 12.6. The lowest BCUT2D eigenvalue weighted by molar-refractivity contribution is -0.0487. The van der Waals surface area contributed by atoms with E-state index >= 15 is 0 Å². The van der Waals surface area contributed by atoms with Crippen LogP contribution in [0.4, 0.5) is 0 Å². The van der Waals surface area contributed by atoms with Gasteiger partial charge in [-0.05, 0) is 106 Å². The molecule has 0 fully saturated rings. The Morgan fingerprint density at radius 2 is 1.00 bits per heavy atom. The van der Waals surface area contributed by atoms with Gasteiger partial charge in [0.1, 0.15) is 17.2 Å². The molecular formula is C30H40N2O3. The number of nitrogens with zero attached hydrogens (tertiary/aromatic N) is 2. The number of aryl methyl sites for hydroxylation is 2. The van der Waals surface area contributed by atoms with E-state index < -0.39 is 0 Å². The minimum atomic E-state index is 0.0152. The molecule has 0 aliphatic rings. The summed E-state index contributed by atoms with van der Waals surface area (Å²) < 4.78 is 5.43. The lowest BCUT2D eigenvalue weighted by Crippen LogP contribution is -2.27. The van der Waals surface area contributed by atoms with Crippen LogP contribution < -0.4 is 14.4 Å². The highest BCUT2D eigenvalue weighted by molar-refractivity contribution is 5.52. The van der Waals surface area contributed by atoms with Gasteiger partial charge in [0, 0.05) is 32.1 Å². The van der Waals surface area contributed by atoms with Crippen LogP contribution in [0.5, 0.6) is 17.2 Å². The van der Waals surface area contributed by atoms with Crippen LogP contribution in [0.3, 0.4) is 0 Å². The van der Waals surface area contributed by atoms with Crippen molar-refractivity contribution in [3.8, 4) is 17.2 Å². The zero-order valence-corrected chi connectivity index (χ0v) is 22.3. The topological polar surface area (TPSA) is 34.2 Å². The quantitative estimate of drug-likeness (QED) is 0.213. The Kier molecular flexibility index (Phi) is 9.58. The molecule has 3 aromatic carbocycles. The third-order valence-corrected chi connectivity index (χ3v) is 6.45. The molecule has 5 heteroatoms. The molecule has 3 aromatic rings. The summed E-state index contributed by atoms with van der Waals surface area (Å²) in [4.78, 5) is 12.4. The second-order valence-corrected chi connectivity index (χ2v) is 8.65. The number of hydroxylamine groups is 4. The van der Waals surface area contributed by atoms with Crippen molar-refractivity contribution >= 4 is 0 Å². The molecule has 35 heavy (non-hydrogen) atoms. The third kappa shape index (κ3) is 6.56. The number of hydrogen-bond acceptors (Lipinski definition) is 5. The van der Waals surface area contributed by atoms with Gasteiger partial charge in [0.05, 0.1) is 7.11 Å². The van der Waals surface area contributed by atoms with Crippen LogP contribution in [-0.4, -0.2) is 43.4 Å². The van der Waals surface area contributed by atoms with Crippen LogP contribution >= 0.6 is 0 Å². The predicted octanol–water partition coefficient (Wildman–Crippen LogP) is 6.76. The molecule has 0 bridgehead atoms. The first-order chi connectivity index (χ1) is 16.9. The summed E-state index contributed by atoms with van der Waals surface area (Å²) in [5.74, 6) is 2.56. The van der Waals surface area contributed by atoms with Gasteiger partial charge in [0.2, 0.25) is 0 Å². The minimum absolute atomic E-state index is 0.0152. The van der Waals surface area contributed by atoms with Crippen LogP contribution in [-0.2, 0) is 0 Å². The van der Waals surface area contributed by atoms with Crippen LogP contribution in [0.1, 0.15) is 61.4 Å². The predicted molar refractivity (Wildman–Crippen MR) is 143 cm³/mol. The van der Waals surface area contributed by atoms with Gasteiger partial charge in [-0.15, -0.1) is 10.1 Å². The van der Waals surface area contributed by atoms with Gasteiger partial charge in [-0.2, -0.15) is 0 Å². The first-order valence-corrected chi connectivity index (χ1v) is 12.6. The van der Waals surface area contributed by atoms with Crippen LogP contribution in [0.2, 0.25) is 0 Å². The van der Waals surface area contributed by atoms with Crippen molar-refractivity contribution < 1.29 is 14.4 Å². The van der Waals surface area contributed by atoms with Crippen molar-refractivity contribution in [2.75, 3.05) is 33.3 Å². The Labute approximate surface area is 211 Å². The standard InChI is InChI=1S/C30H40N2O3/c1-8-31(9-2)34-26-16-12-22(5)28(20-26)30(24-14-18-25(33-7)19-15-24)29-21-27(17-13-23(29)6)35-32(10-3)11-4/h12-21,30H,8-11H2,1-7H3. The van der Waals surface area contributed by atoms with E-state index in [0.717, 1.165) is 43.4 Å². The maximum absolute atomic E-state index is 6.18. The summed E-state index contributed by atoms with van der Waals surface area (Å²) in [6.45, 7) is 16.0. The molecule has 5 nitrogen and oxygen atoms in total. The van der Waals surface area contributed by atoms with E-state index in [1.807, 2.05) is 22.3 Å². The van der Waals surface area contributed by atoms with Crippen LogP contribution in [0.15, 0.2) is 60.7 Å². The molecule has 0 N–H and O–H groups in total. The fraction of sp³-hybridized carbons (Fsp3) is 0.400. The van der Waals surface area contributed by atoms with Gasteiger partial charge < -0.3 is 14.4 Å². The smallest absolute Gasteiger partial charge is 0.147 e. The van der Waals surface area contributed by atoms with Gasteiger partial charge in [-0.25, -0.2) is 0 Å². The van der Waals surface area contributed by atoms with Crippen molar-refractivity contribution in [3.63, 3.8) is 0 Å².